The molecule has 0 bridgehead atoms. The SMILES string of the molecule is CC(C)CO.CC(C)C[C@H](C)CO.CCC/C=C/CO.CCCCCCCO.CCCCCCO.CCCCCO.CCCCO.CCCO.CCCOCCO.CN(C)CCO. The summed E-state index contributed by atoms with van der Waals surface area (Å²) in [4.78, 5) is 1.93. The van der Waals surface area contributed by atoms with Gasteiger partial charge in [0.2, 0.25) is 0 Å². The van der Waals surface area contributed by atoms with E-state index in [2.05, 4.69) is 55.4 Å². The summed E-state index contributed by atoms with van der Waals surface area (Å²) in [7, 11) is 3.85. The van der Waals surface area contributed by atoms with Crippen molar-refractivity contribution in [3.8, 4) is 0 Å². The van der Waals surface area contributed by atoms with E-state index in [-0.39, 0.29) is 19.8 Å². The lowest BCUT2D eigenvalue weighted by atomic mass is 10.0. The monoisotopic (exact) mass is 924 g/mol. The number of aliphatic hydroxyl groups excluding tert-OH is 10. The van der Waals surface area contributed by atoms with Gasteiger partial charge in [0.15, 0.2) is 0 Å². The van der Waals surface area contributed by atoms with Gasteiger partial charge in [-0.15, -0.1) is 0 Å². The fourth-order valence-electron chi connectivity index (χ4n) is 3.52. The molecular weight excluding hydrogens is 803 g/mol. The topological polar surface area (TPSA) is 215 Å². The van der Waals surface area contributed by atoms with E-state index in [1.54, 1.807) is 6.08 Å². The minimum Gasteiger partial charge on any atom is -0.396 e. The molecule has 0 aromatic carbocycles. The Kier molecular flexibility index (Phi) is 141. The molecule has 0 amide bonds. The molecule has 0 aromatic rings. The van der Waals surface area contributed by atoms with Crippen LogP contribution in [0.1, 0.15) is 205 Å². The first-order valence-electron chi connectivity index (χ1n) is 25.1. The summed E-state index contributed by atoms with van der Waals surface area (Å²) >= 11 is 0. The van der Waals surface area contributed by atoms with Crippen LogP contribution in [0, 0.1) is 17.8 Å². The van der Waals surface area contributed by atoms with Gasteiger partial charge in [0.05, 0.1) is 26.4 Å². The van der Waals surface area contributed by atoms with Crippen molar-refractivity contribution in [3.63, 3.8) is 0 Å². The molecule has 1 atom stereocenters. The molecular formula is C51H121NO11. The number of hydrogen-bond donors (Lipinski definition) is 10. The van der Waals surface area contributed by atoms with Crippen LogP contribution in [-0.4, -0.2) is 156 Å². The van der Waals surface area contributed by atoms with Crippen LogP contribution in [0.5, 0.6) is 0 Å². The predicted molar refractivity (Wildman–Crippen MR) is 276 cm³/mol. The van der Waals surface area contributed by atoms with Crippen LogP contribution in [0.15, 0.2) is 12.2 Å². The molecule has 0 aliphatic carbocycles. The molecule has 0 aliphatic rings. The molecule has 0 heterocycles. The molecule has 0 rings (SSSR count). The van der Waals surface area contributed by atoms with Crippen molar-refractivity contribution in [1.82, 2.24) is 4.90 Å². The molecule has 0 fully saturated rings. The third-order valence-corrected chi connectivity index (χ3v) is 7.18. The number of aliphatic hydroxyl groups is 10. The number of nitrogens with zero attached hydrogens (tertiary/aromatic N) is 1. The highest BCUT2D eigenvalue weighted by atomic mass is 16.5. The van der Waals surface area contributed by atoms with Crippen LogP contribution in [0.4, 0.5) is 0 Å². The Balaban J connectivity index is -0.0000000623. The van der Waals surface area contributed by atoms with Crippen LogP contribution in [0.2, 0.25) is 0 Å². The van der Waals surface area contributed by atoms with Gasteiger partial charge in [0, 0.05) is 59.4 Å². The molecule has 12 heteroatoms. The third kappa shape index (κ3) is 194. The van der Waals surface area contributed by atoms with E-state index in [0.717, 1.165) is 89.7 Å². The van der Waals surface area contributed by atoms with E-state index >= 15 is 0 Å². The highest BCUT2D eigenvalue weighted by Gasteiger charge is 2.01. The zero-order chi connectivity index (χ0) is 51.1. The minimum absolute atomic E-state index is 0.139. The normalized spacial score (nSPS) is 10.1. The van der Waals surface area contributed by atoms with Crippen molar-refractivity contribution in [1.29, 1.82) is 0 Å². The van der Waals surface area contributed by atoms with Crippen molar-refractivity contribution in [2.45, 2.75) is 205 Å². The zero-order valence-corrected chi connectivity index (χ0v) is 44.8. The summed E-state index contributed by atoms with van der Waals surface area (Å²) in [6.45, 7) is 29.9. The maximum Gasteiger partial charge on any atom is 0.0697 e. The molecule has 396 valence electrons. The Bertz CT molecular complexity index is 572. The second-order valence-electron chi connectivity index (χ2n) is 16.0. The van der Waals surface area contributed by atoms with E-state index in [1.807, 2.05) is 52.8 Å². The Hall–Kier alpha value is -0.740. The molecule has 0 aromatic heterocycles. The summed E-state index contributed by atoms with van der Waals surface area (Å²) in [5.74, 6) is 1.64. The first-order chi connectivity index (χ1) is 30.1. The smallest absolute Gasteiger partial charge is 0.0697 e. The number of likely N-dealkylation sites (N-methyl/N-ethyl adjacent to an activating group) is 1. The Labute approximate surface area is 394 Å². The molecule has 12 nitrogen and oxygen atoms in total. The maximum atomic E-state index is 8.58. The van der Waals surface area contributed by atoms with Crippen LogP contribution in [0.25, 0.3) is 0 Å². The third-order valence-electron chi connectivity index (χ3n) is 7.18. The summed E-state index contributed by atoms with van der Waals surface area (Å²) in [5.41, 5.74) is 0. The van der Waals surface area contributed by atoms with E-state index in [0.29, 0.717) is 64.7 Å². The first-order valence-corrected chi connectivity index (χ1v) is 25.1. The molecule has 0 unspecified atom stereocenters. The molecule has 0 saturated carbocycles. The fraction of sp³-hybridized carbons (Fsp3) is 0.961. The van der Waals surface area contributed by atoms with E-state index in [9.17, 15) is 0 Å². The average molecular weight is 925 g/mol. The van der Waals surface area contributed by atoms with Gasteiger partial charge in [-0.1, -0.05) is 166 Å². The average Bonchev–Trinajstić information content (AvgIpc) is 3.27. The number of rotatable bonds is 28. The highest BCUT2D eigenvalue weighted by Crippen LogP contribution is 2.08. The van der Waals surface area contributed by atoms with Crippen LogP contribution < -0.4 is 0 Å². The second kappa shape index (κ2) is 104. The summed E-state index contributed by atoms with van der Waals surface area (Å²) in [5, 5.41) is 82.1. The number of unbranched alkanes of at least 4 members (excludes halogenated alkanes) is 11. The van der Waals surface area contributed by atoms with E-state index in [4.69, 9.17) is 55.8 Å². The molecule has 0 spiro atoms. The Morgan fingerprint density at radius 3 is 1.00 bits per heavy atom. The largest absolute Gasteiger partial charge is 0.396 e. The Morgan fingerprint density at radius 1 is 0.397 bits per heavy atom. The van der Waals surface area contributed by atoms with Gasteiger partial charge < -0.3 is 60.7 Å². The number of ether oxygens (including phenoxy) is 1. The van der Waals surface area contributed by atoms with Crippen molar-refractivity contribution in [2.75, 3.05) is 99.9 Å². The number of hydrogen-bond acceptors (Lipinski definition) is 12. The lowest BCUT2D eigenvalue weighted by Gasteiger charge is -2.08. The molecule has 63 heavy (non-hydrogen) atoms. The van der Waals surface area contributed by atoms with E-state index in [1.165, 1.54) is 51.4 Å². The van der Waals surface area contributed by atoms with Gasteiger partial charge in [-0.3, -0.25) is 0 Å². The van der Waals surface area contributed by atoms with E-state index < -0.39 is 0 Å². The molecule has 0 aliphatic heterocycles. The summed E-state index contributed by atoms with van der Waals surface area (Å²) in [6, 6.07) is 0. The quantitative estimate of drug-likeness (QED) is 0.0263. The van der Waals surface area contributed by atoms with Gasteiger partial charge in [-0.2, -0.15) is 0 Å². The van der Waals surface area contributed by atoms with Gasteiger partial charge in [-0.25, -0.2) is 0 Å². The summed E-state index contributed by atoms with van der Waals surface area (Å²) < 4.78 is 4.88. The van der Waals surface area contributed by atoms with Crippen molar-refractivity contribution >= 4 is 0 Å². The standard InChI is InChI=1S/2C7H16O.C6H14O.C6H12O.C5H12O2.C5H12O.C4H11NO.2C4H10O.C3H8O/c1-6(2)4-7(3)5-8;1-2-3-4-5-6-7-8;2*1-2-3-4-5-6-7;1-2-4-7-5-3-6;1-2-3-4-5-6;1-5(2)3-4-6;1-4(2)3-5;1-2-3-4-5;1-2-3-4/h6-8H,4-5H2,1-3H3;8H,2-7H2,1H3;7H,2-6H2,1H3;4-5,7H,2-3,6H2,1H3;6H,2-5H2,1H3;6H,2-5H2,1H3;6H,3-4H2,1-2H3;4-5H,3H2,1-2H3;5H,2-4H2,1H3;4H,2-3H2,1H3/b;;;5-4+;;;;;;/t7-;;;;;;;;;/m0........./s1. The van der Waals surface area contributed by atoms with Crippen molar-refractivity contribution in [3.05, 3.63) is 12.2 Å². The van der Waals surface area contributed by atoms with Crippen LogP contribution >= 0.6 is 0 Å². The highest BCUT2D eigenvalue weighted by molar-refractivity contribution is 4.79. The van der Waals surface area contributed by atoms with Crippen molar-refractivity contribution < 1.29 is 55.8 Å². The van der Waals surface area contributed by atoms with Gasteiger partial charge in [0.25, 0.3) is 0 Å². The lowest BCUT2D eigenvalue weighted by molar-refractivity contribution is 0.0928. The minimum atomic E-state index is 0.139. The van der Waals surface area contributed by atoms with Crippen molar-refractivity contribution in [2.24, 2.45) is 17.8 Å². The van der Waals surface area contributed by atoms with Gasteiger partial charge >= 0.3 is 0 Å². The predicted octanol–water partition coefficient (Wildman–Crippen LogP) is 9.42. The van der Waals surface area contributed by atoms with Gasteiger partial charge in [0.1, 0.15) is 0 Å². The lowest BCUT2D eigenvalue weighted by Crippen LogP contribution is -2.15. The Morgan fingerprint density at radius 2 is 0.794 bits per heavy atom. The maximum absolute atomic E-state index is 8.58. The first kappa shape index (κ1) is 85.6. The number of allylic oxidation sites excluding steroid dienone is 1. The zero-order valence-electron chi connectivity index (χ0n) is 44.8. The fourth-order valence-corrected chi connectivity index (χ4v) is 3.52. The second-order valence-corrected chi connectivity index (χ2v) is 16.0. The summed E-state index contributed by atoms with van der Waals surface area (Å²) in [6.07, 6.45) is 25.2. The van der Waals surface area contributed by atoms with Gasteiger partial charge in [-0.05, 0) is 83.2 Å². The van der Waals surface area contributed by atoms with Crippen LogP contribution in [0.3, 0.4) is 0 Å². The molecule has 0 radical (unpaired) electrons. The molecule has 10 N–H and O–H groups in total. The molecule has 0 saturated heterocycles. The van der Waals surface area contributed by atoms with Crippen LogP contribution in [-0.2, 0) is 4.74 Å².